The predicted molar refractivity (Wildman–Crippen MR) is 112 cm³/mol. The number of hydrogen-bond donors (Lipinski definition) is 2. The van der Waals surface area contributed by atoms with Crippen molar-refractivity contribution in [3.8, 4) is 0 Å². The summed E-state index contributed by atoms with van der Waals surface area (Å²) < 4.78 is 6.55. The van der Waals surface area contributed by atoms with Crippen LogP contribution in [0.15, 0.2) is 24.3 Å². The number of benzene rings is 1. The number of carbonyl (C=O) groups is 2. The van der Waals surface area contributed by atoms with E-state index in [1.54, 1.807) is 16.2 Å². The van der Waals surface area contributed by atoms with E-state index in [-0.39, 0.29) is 17.9 Å². The number of hydrogen-bond acceptors (Lipinski definition) is 6. The molecular weight excluding hydrogens is 376 g/mol. The van der Waals surface area contributed by atoms with E-state index in [1.807, 2.05) is 45.0 Å². The van der Waals surface area contributed by atoms with Gasteiger partial charge in [-0.15, -0.1) is 0 Å². The first-order valence-electron chi connectivity index (χ1n) is 9.67. The van der Waals surface area contributed by atoms with Crippen LogP contribution in [0, 0.1) is 5.92 Å². The summed E-state index contributed by atoms with van der Waals surface area (Å²) in [6.07, 6.45) is 1.25. The fourth-order valence-corrected chi connectivity index (χ4v) is 4.02. The van der Waals surface area contributed by atoms with Gasteiger partial charge in [0.05, 0.1) is 16.1 Å². The molecule has 1 atom stereocenters. The van der Waals surface area contributed by atoms with Gasteiger partial charge in [-0.3, -0.25) is 4.79 Å². The molecule has 152 valence electrons. The standard InChI is InChI=1S/C20H28N4O3S/c1-20(2,3)27-19(26)24-12-6-7-14(13-24)17(25)21-10-11-22-18-23-15-8-4-5-9-16(15)28-18/h4-5,8-9,14H,6-7,10-13H2,1-3H3,(H,21,25)(H,22,23). The highest BCUT2D eigenvalue weighted by Crippen LogP contribution is 2.25. The smallest absolute Gasteiger partial charge is 0.410 e. The second-order valence-electron chi connectivity index (χ2n) is 7.97. The number of piperidine rings is 1. The Morgan fingerprint density at radius 2 is 2.07 bits per heavy atom. The largest absolute Gasteiger partial charge is 0.444 e. The van der Waals surface area contributed by atoms with E-state index in [0.29, 0.717) is 26.2 Å². The number of amides is 2. The summed E-state index contributed by atoms with van der Waals surface area (Å²) in [6, 6.07) is 7.99. The lowest BCUT2D eigenvalue weighted by Gasteiger charge is -2.33. The molecule has 0 spiro atoms. The first-order chi connectivity index (χ1) is 13.3. The van der Waals surface area contributed by atoms with Crippen LogP contribution in [0.4, 0.5) is 9.93 Å². The molecule has 1 unspecified atom stereocenters. The molecule has 3 rings (SSSR count). The number of para-hydroxylation sites is 1. The third-order valence-corrected chi connectivity index (χ3v) is 5.43. The van der Waals surface area contributed by atoms with E-state index in [4.69, 9.17) is 4.74 Å². The topological polar surface area (TPSA) is 83.6 Å². The van der Waals surface area contributed by atoms with Crippen molar-refractivity contribution in [1.29, 1.82) is 0 Å². The van der Waals surface area contributed by atoms with Crippen molar-refractivity contribution >= 4 is 38.7 Å². The average molecular weight is 405 g/mol. The molecule has 0 aliphatic carbocycles. The van der Waals surface area contributed by atoms with Crippen LogP contribution in [-0.2, 0) is 9.53 Å². The molecule has 1 aromatic heterocycles. The number of fused-ring (bicyclic) bond motifs is 1. The van der Waals surface area contributed by atoms with Crippen molar-refractivity contribution in [1.82, 2.24) is 15.2 Å². The quantitative estimate of drug-likeness (QED) is 0.746. The van der Waals surface area contributed by atoms with Crippen LogP contribution in [-0.4, -0.2) is 53.7 Å². The van der Waals surface area contributed by atoms with Gasteiger partial charge in [-0.2, -0.15) is 0 Å². The first kappa shape index (κ1) is 20.4. The summed E-state index contributed by atoms with van der Waals surface area (Å²) in [5.74, 6) is -0.205. The van der Waals surface area contributed by atoms with Gasteiger partial charge in [-0.05, 0) is 45.7 Å². The Labute approximate surface area is 169 Å². The lowest BCUT2D eigenvalue weighted by atomic mass is 9.97. The molecule has 0 saturated carbocycles. The van der Waals surface area contributed by atoms with Crippen molar-refractivity contribution < 1.29 is 14.3 Å². The molecule has 8 heteroatoms. The Morgan fingerprint density at radius 3 is 2.82 bits per heavy atom. The molecule has 28 heavy (non-hydrogen) atoms. The van der Waals surface area contributed by atoms with Crippen LogP contribution in [0.5, 0.6) is 0 Å². The lowest BCUT2D eigenvalue weighted by Crippen LogP contribution is -2.47. The SMILES string of the molecule is CC(C)(C)OC(=O)N1CCCC(C(=O)NCCNc2nc3ccccc3s2)C1. The normalized spacial score (nSPS) is 17.4. The van der Waals surface area contributed by atoms with Gasteiger partial charge in [0.15, 0.2) is 5.13 Å². The summed E-state index contributed by atoms with van der Waals surface area (Å²) in [4.78, 5) is 30.9. The van der Waals surface area contributed by atoms with Crippen molar-refractivity contribution in [2.75, 3.05) is 31.5 Å². The van der Waals surface area contributed by atoms with Crippen molar-refractivity contribution in [2.45, 2.75) is 39.2 Å². The highest BCUT2D eigenvalue weighted by Gasteiger charge is 2.30. The molecule has 2 N–H and O–H groups in total. The summed E-state index contributed by atoms with van der Waals surface area (Å²) in [6.45, 7) is 7.70. The Morgan fingerprint density at radius 1 is 1.29 bits per heavy atom. The van der Waals surface area contributed by atoms with E-state index in [9.17, 15) is 9.59 Å². The molecular formula is C20H28N4O3S. The maximum absolute atomic E-state index is 12.5. The van der Waals surface area contributed by atoms with Crippen LogP contribution < -0.4 is 10.6 Å². The monoisotopic (exact) mass is 404 g/mol. The van der Waals surface area contributed by atoms with Crippen LogP contribution in [0.25, 0.3) is 10.2 Å². The molecule has 2 aromatic rings. The highest BCUT2D eigenvalue weighted by molar-refractivity contribution is 7.22. The molecule has 1 fully saturated rings. The molecule has 7 nitrogen and oxygen atoms in total. The number of carbonyl (C=O) groups excluding carboxylic acids is 2. The number of likely N-dealkylation sites (tertiary alicyclic amines) is 1. The molecule has 0 bridgehead atoms. The Balaban J connectivity index is 1.42. The third-order valence-electron chi connectivity index (χ3n) is 4.44. The van der Waals surface area contributed by atoms with Crippen molar-refractivity contribution in [2.24, 2.45) is 5.92 Å². The Hall–Kier alpha value is -2.35. The van der Waals surface area contributed by atoms with Gasteiger partial charge < -0.3 is 20.3 Å². The number of ether oxygens (including phenoxy) is 1. The highest BCUT2D eigenvalue weighted by atomic mass is 32.1. The number of aromatic nitrogens is 1. The summed E-state index contributed by atoms with van der Waals surface area (Å²) in [5.41, 5.74) is 0.446. The average Bonchev–Trinajstić information content (AvgIpc) is 3.06. The van der Waals surface area contributed by atoms with Gasteiger partial charge in [0.25, 0.3) is 0 Å². The van der Waals surface area contributed by atoms with Gasteiger partial charge in [0.2, 0.25) is 5.91 Å². The fraction of sp³-hybridized carbons (Fsp3) is 0.550. The molecule has 0 radical (unpaired) electrons. The van der Waals surface area contributed by atoms with E-state index < -0.39 is 5.60 Å². The van der Waals surface area contributed by atoms with E-state index in [2.05, 4.69) is 15.6 Å². The second-order valence-corrected chi connectivity index (χ2v) is 9.00. The van der Waals surface area contributed by atoms with Gasteiger partial charge in [0.1, 0.15) is 5.60 Å². The number of anilines is 1. The van der Waals surface area contributed by atoms with Gasteiger partial charge in [0, 0.05) is 26.2 Å². The molecule has 1 aromatic carbocycles. The number of nitrogens with zero attached hydrogens (tertiary/aromatic N) is 2. The van der Waals surface area contributed by atoms with E-state index in [1.165, 1.54) is 0 Å². The minimum Gasteiger partial charge on any atom is -0.444 e. The van der Waals surface area contributed by atoms with Gasteiger partial charge in [-0.1, -0.05) is 23.5 Å². The van der Waals surface area contributed by atoms with Crippen molar-refractivity contribution in [3.63, 3.8) is 0 Å². The lowest BCUT2D eigenvalue weighted by molar-refractivity contribution is -0.126. The van der Waals surface area contributed by atoms with Crippen molar-refractivity contribution in [3.05, 3.63) is 24.3 Å². The van der Waals surface area contributed by atoms with Crippen LogP contribution in [0.3, 0.4) is 0 Å². The minimum absolute atomic E-state index is 0.0145. The summed E-state index contributed by atoms with van der Waals surface area (Å²) in [5, 5.41) is 7.07. The summed E-state index contributed by atoms with van der Waals surface area (Å²) in [7, 11) is 0. The molecule has 1 saturated heterocycles. The van der Waals surface area contributed by atoms with Gasteiger partial charge >= 0.3 is 6.09 Å². The van der Waals surface area contributed by atoms with Crippen LogP contribution in [0.2, 0.25) is 0 Å². The first-order valence-corrected chi connectivity index (χ1v) is 10.5. The predicted octanol–water partition coefficient (Wildman–Crippen LogP) is 3.47. The van der Waals surface area contributed by atoms with Crippen LogP contribution in [0.1, 0.15) is 33.6 Å². The second kappa shape index (κ2) is 8.77. The molecule has 1 aliphatic heterocycles. The number of rotatable bonds is 5. The Bertz CT molecular complexity index is 797. The fourth-order valence-electron chi connectivity index (χ4n) is 3.13. The maximum atomic E-state index is 12.5. The molecule has 1 aliphatic rings. The zero-order valence-corrected chi connectivity index (χ0v) is 17.5. The minimum atomic E-state index is -0.529. The number of nitrogens with one attached hydrogen (secondary N) is 2. The maximum Gasteiger partial charge on any atom is 0.410 e. The third kappa shape index (κ3) is 5.58. The zero-order chi connectivity index (χ0) is 20.1. The molecule has 2 heterocycles. The van der Waals surface area contributed by atoms with Crippen LogP contribution >= 0.6 is 11.3 Å². The molecule has 2 amide bonds. The summed E-state index contributed by atoms with van der Waals surface area (Å²) >= 11 is 1.60. The Kier molecular flexibility index (Phi) is 6.39. The van der Waals surface area contributed by atoms with E-state index in [0.717, 1.165) is 28.2 Å². The van der Waals surface area contributed by atoms with Gasteiger partial charge in [-0.25, -0.2) is 9.78 Å². The number of thiazole rings is 1. The zero-order valence-electron chi connectivity index (χ0n) is 16.7. The van der Waals surface area contributed by atoms with E-state index >= 15 is 0 Å².